The number of carbonyl (C=O) groups excluding carboxylic acids is 1. The van der Waals surface area contributed by atoms with E-state index in [0.717, 1.165) is 5.69 Å². The van der Waals surface area contributed by atoms with Gasteiger partial charge in [-0.25, -0.2) is 9.97 Å². The smallest absolute Gasteiger partial charge is 0.274 e. The molecule has 0 unspecified atom stereocenters. The van der Waals surface area contributed by atoms with Crippen LogP contribution in [0.2, 0.25) is 0 Å². The van der Waals surface area contributed by atoms with Gasteiger partial charge in [0.15, 0.2) is 0 Å². The minimum Gasteiger partial charge on any atom is -0.324 e. The van der Waals surface area contributed by atoms with Gasteiger partial charge in [-0.1, -0.05) is 18.2 Å². The first-order chi connectivity index (χ1) is 11.7. The van der Waals surface area contributed by atoms with E-state index in [9.17, 15) is 4.79 Å². The number of rotatable bonds is 4. The Bertz CT molecular complexity index is 885. The maximum Gasteiger partial charge on any atom is 0.274 e. The Morgan fingerprint density at radius 2 is 1.71 bits per heavy atom. The fourth-order valence-corrected chi connectivity index (χ4v) is 2.02. The number of hydrogen-bond acceptors (Lipinski definition) is 5. The first kappa shape index (κ1) is 15.2. The molecule has 6 heteroatoms. The van der Waals surface area contributed by atoms with Gasteiger partial charge in [0.05, 0.1) is 11.6 Å². The molecule has 3 aromatic rings. The van der Waals surface area contributed by atoms with Crippen molar-refractivity contribution in [1.82, 2.24) is 9.97 Å². The number of amides is 1. The van der Waals surface area contributed by atoms with Crippen LogP contribution in [0.5, 0.6) is 0 Å². The van der Waals surface area contributed by atoms with Gasteiger partial charge in [0.2, 0.25) is 5.95 Å². The van der Waals surface area contributed by atoms with Gasteiger partial charge < -0.3 is 10.6 Å². The van der Waals surface area contributed by atoms with Gasteiger partial charge in [-0.3, -0.25) is 4.79 Å². The molecule has 1 amide bonds. The summed E-state index contributed by atoms with van der Waals surface area (Å²) in [7, 11) is 0. The molecular formula is C18H13N5O. The van der Waals surface area contributed by atoms with Crippen molar-refractivity contribution in [2.75, 3.05) is 10.6 Å². The lowest BCUT2D eigenvalue weighted by Gasteiger charge is -2.07. The second kappa shape index (κ2) is 7.03. The predicted molar refractivity (Wildman–Crippen MR) is 90.9 cm³/mol. The Labute approximate surface area is 138 Å². The lowest BCUT2D eigenvalue weighted by atomic mass is 10.2. The van der Waals surface area contributed by atoms with E-state index in [1.807, 2.05) is 36.4 Å². The summed E-state index contributed by atoms with van der Waals surface area (Å²) < 4.78 is 0. The Morgan fingerprint density at radius 3 is 2.42 bits per heavy atom. The Hall–Kier alpha value is -3.72. The fraction of sp³-hybridized carbons (Fsp3) is 0. The molecule has 0 aliphatic rings. The third-order valence-electron chi connectivity index (χ3n) is 3.19. The monoisotopic (exact) mass is 315 g/mol. The number of para-hydroxylation sites is 1. The molecule has 0 aliphatic heterocycles. The molecule has 0 atom stereocenters. The van der Waals surface area contributed by atoms with Crippen LogP contribution in [0.15, 0.2) is 66.9 Å². The number of carbonyl (C=O) groups is 1. The Balaban J connectivity index is 1.73. The molecular weight excluding hydrogens is 302 g/mol. The zero-order valence-corrected chi connectivity index (χ0v) is 12.6. The number of anilines is 3. The molecule has 0 saturated heterocycles. The van der Waals surface area contributed by atoms with Crippen molar-refractivity contribution in [2.24, 2.45) is 0 Å². The molecule has 0 bridgehead atoms. The van der Waals surface area contributed by atoms with E-state index in [1.54, 1.807) is 24.3 Å². The predicted octanol–water partition coefficient (Wildman–Crippen LogP) is 3.34. The summed E-state index contributed by atoms with van der Waals surface area (Å²) in [5.41, 5.74) is 2.20. The van der Waals surface area contributed by atoms with Gasteiger partial charge >= 0.3 is 0 Å². The molecule has 6 nitrogen and oxygen atoms in total. The van der Waals surface area contributed by atoms with E-state index in [1.165, 1.54) is 12.3 Å². The van der Waals surface area contributed by atoms with E-state index in [-0.39, 0.29) is 11.6 Å². The number of nitrogens with zero attached hydrogens (tertiary/aromatic N) is 3. The minimum absolute atomic E-state index is 0.243. The highest BCUT2D eigenvalue weighted by Crippen LogP contribution is 2.13. The van der Waals surface area contributed by atoms with Gasteiger partial charge in [0, 0.05) is 17.6 Å². The molecule has 1 aromatic heterocycles. The first-order valence-electron chi connectivity index (χ1n) is 7.21. The summed E-state index contributed by atoms with van der Waals surface area (Å²) in [5, 5.41) is 14.6. The van der Waals surface area contributed by atoms with Crippen LogP contribution in [0, 0.1) is 11.3 Å². The van der Waals surface area contributed by atoms with Gasteiger partial charge in [-0.2, -0.15) is 5.26 Å². The van der Waals surface area contributed by atoms with Crippen LogP contribution in [-0.2, 0) is 0 Å². The van der Waals surface area contributed by atoms with Crippen molar-refractivity contribution >= 4 is 23.2 Å². The second-order valence-corrected chi connectivity index (χ2v) is 4.90. The van der Waals surface area contributed by atoms with Gasteiger partial charge in [-0.05, 0) is 42.5 Å². The van der Waals surface area contributed by atoms with Crippen LogP contribution in [-0.4, -0.2) is 15.9 Å². The quantitative estimate of drug-likeness (QED) is 0.770. The van der Waals surface area contributed by atoms with E-state index < -0.39 is 0 Å². The zero-order chi connectivity index (χ0) is 16.8. The van der Waals surface area contributed by atoms with E-state index in [2.05, 4.69) is 20.6 Å². The van der Waals surface area contributed by atoms with Crippen LogP contribution >= 0.6 is 0 Å². The molecule has 0 saturated carbocycles. The lowest BCUT2D eigenvalue weighted by molar-refractivity contribution is 0.102. The average Bonchev–Trinajstić information content (AvgIpc) is 2.63. The summed E-state index contributed by atoms with van der Waals surface area (Å²) in [6.07, 6.45) is 1.52. The first-order valence-corrected chi connectivity index (χ1v) is 7.21. The standard InChI is InChI=1S/C18H13N5O/c19-12-13-6-8-15(9-7-13)21-17(24)16-10-11-20-18(23-16)22-14-4-2-1-3-5-14/h1-11H,(H,21,24)(H,20,22,23). The summed E-state index contributed by atoms with van der Waals surface area (Å²) in [4.78, 5) is 20.6. The molecule has 0 spiro atoms. The molecule has 116 valence electrons. The summed E-state index contributed by atoms with van der Waals surface area (Å²) in [6.45, 7) is 0. The normalized spacial score (nSPS) is 9.79. The van der Waals surface area contributed by atoms with E-state index in [0.29, 0.717) is 17.2 Å². The molecule has 0 aliphatic carbocycles. The van der Waals surface area contributed by atoms with Gasteiger partial charge in [0.25, 0.3) is 5.91 Å². The van der Waals surface area contributed by atoms with Crippen molar-refractivity contribution < 1.29 is 4.79 Å². The summed E-state index contributed by atoms with van der Waals surface area (Å²) >= 11 is 0. The molecule has 0 fully saturated rings. The van der Waals surface area contributed by atoms with Crippen LogP contribution in [0.4, 0.5) is 17.3 Å². The Kier molecular flexibility index (Phi) is 4.45. The number of benzene rings is 2. The molecule has 1 heterocycles. The highest BCUT2D eigenvalue weighted by molar-refractivity contribution is 6.03. The van der Waals surface area contributed by atoms with Crippen molar-refractivity contribution in [3.05, 3.63) is 78.1 Å². The number of hydrogen-bond donors (Lipinski definition) is 2. The highest BCUT2D eigenvalue weighted by atomic mass is 16.1. The zero-order valence-electron chi connectivity index (χ0n) is 12.6. The Morgan fingerprint density at radius 1 is 0.958 bits per heavy atom. The SMILES string of the molecule is N#Cc1ccc(NC(=O)c2ccnc(Nc3ccccc3)n2)cc1. The summed E-state index contributed by atoms with van der Waals surface area (Å²) in [6, 6.07) is 19.6. The topological polar surface area (TPSA) is 90.7 Å². The van der Waals surface area contributed by atoms with E-state index >= 15 is 0 Å². The third-order valence-corrected chi connectivity index (χ3v) is 3.19. The summed E-state index contributed by atoms with van der Waals surface area (Å²) in [5.74, 6) is -0.00750. The number of nitrogens with one attached hydrogen (secondary N) is 2. The largest absolute Gasteiger partial charge is 0.324 e. The van der Waals surface area contributed by atoms with Gasteiger partial charge in [0.1, 0.15) is 5.69 Å². The molecule has 2 N–H and O–H groups in total. The maximum atomic E-state index is 12.3. The van der Waals surface area contributed by atoms with Crippen LogP contribution < -0.4 is 10.6 Å². The van der Waals surface area contributed by atoms with Crippen molar-refractivity contribution in [2.45, 2.75) is 0 Å². The van der Waals surface area contributed by atoms with Crippen molar-refractivity contribution in [1.29, 1.82) is 5.26 Å². The van der Waals surface area contributed by atoms with Crippen LogP contribution in [0.25, 0.3) is 0 Å². The van der Waals surface area contributed by atoms with Crippen molar-refractivity contribution in [3.63, 3.8) is 0 Å². The molecule has 24 heavy (non-hydrogen) atoms. The average molecular weight is 315 g/mol. The second-order valence-electron chi connectivity index (χ2n) is 4.90. The molecule has 0 radical (unpaired) electrons. The number of nitriles is 1. The fourth-order valence-electron chi connectivity index (χ4n) is 2.02. The molecule has 2 aromatic carbocycles. The van der Waals surface area contributed by atoms with Crippen molar-refractivity contribution in [3.8, 4) is 6.07 Å². The molecule has 3 rings (SSSR count). The highest BCUT2D eigenvalue weighted by Gasteiger charge is 2.09. The van der Waals surface area contributed by atoms with Crippen LogP contribution in [0.3, 0.4) is 0 Å². The minimum atomic E-state index is -0.349. The van der Waals surface area contributed by atoms with E-state index in [4.69, 9.17) is 5.26 Å². The maximum absolute atomic E-state index is 12.3. The number of aromatic nitrogens is 2. The van der Waals surface area contributed by atoms with Crippen LogP contribution in [0.1, 0.15) is 16.1 Å². The lowest BCUT2D eigenvalue weighted by Crippen LogP contribution is -2.14. The third kappa shape index (κ3) is 3.72. The van der Waals surface area contributed by atoms with Gasteiger partial charge in [-0.15, -0.1) is 0 Å².